The standard InChI is InChI=1S/C14H15N3O/c18-14(11-4-2-1-3-5-11)17-9-7-12(10-17)13-6-8-15-16-13/h1-6,8,12H,7,9-10H2,(H,15,16)/t12-/m1/s1. The first kappa shape index (κ1) is 11.0. The van der Waals surface area contributed by atoms with Gasteiger partial charge in [0.2, 0.25) is 0 Å². The molecule has 1 amide bonds. The monoisotopic (exact) mass is 241 g/mol. The molecule has 1 atom stereocenters. The minimum Gasteiger partial charge on any atom is -0.338 e. The Morgan fingerprint density at radius 1 is 1.28 bits per heavy atom. The van der Waals surface area contributed by atoms with Crippen molar-refractivity contribution in [2.75, 3.05) is 13.1 Å². The molecule has 18 heavy (non-hydrogen) atoms. The van der Waals surface area contributed by atoms with E-state index in [2.05, 4.69) is 10.2 Å². The van der Waals surface area contributed by atoms with E-state index in [0.717, 1.165) is 30.8 Å². The van der Waals surface area contributed by atoms with Crippen molar-refractivity contribution in [2.24, 2.45) is 0 Å². The van der Waals surface area contributed by atoms with Gasteiger partial charge in [0.05, 0.1) is 0 Å². The maximum atomic E-state index is 12.3. The Morgan fingerprint density at radius 2 is 2.11 bits per heavy atom. The van der Waals surface area contributed by atoms with Crippen molar-refractivity contribution in [1.29, 1.82) is 0 Å². The van der Waals surface area contributed by atoms with Gasteiger partial charge in [0, 0.05) is 36.5 Å². The van der Waals surface area contributed by atoms with E-state index >= 15 is 0 Å². The Bertz CT molecular complexity index is 521. The zero-order valence-corrected chi connectivity index (χ0v) is 10.0. The number of carbonyl (C=O) groups excluding carboxylic acids is 1. The molecule has 0 aliphatic carbocycles. The normalized spacial score (nSPS) is 19.1. The zero-order chi connectivity index (χ0) is 12.4. The van der Waals surface area contributed by atoms with Gasteiger partial charge in [-0.1, -0.05) is 18.2 Å². The van der Waals surface area contributed by atoms with Crippen molar-refractivity contribution in [3.05, 3.63) is 53.9 Å². The Kier molecular flexibility index (Phi) is 2.84. The van der Waals surface area contributed by atoms with Crippen LogP contribution in [-0.4, -0.2) is 34.1 Å². The van der Waals surface area contributed by atoms with Crippen molar-refractivity contribution >= 4 is 5.91 Å². The maximum absolute atomic E-state index is 12.3. The summed E-state index contributed by atoms with van der Waals surface area (Å²) in [4.78, 5) is 14.2. The van der Waals surface area contributed by atoms with Crippen molar-refractivity contribution in [1.82, 2.24) is 15.1 Å². The Balaban J connectivity index is 1.71. The molecule has 2 heterocycles. The first-order valence-corrected chi connectivity index (χ1v) is 6.18. The number of aromatic amines is 1. The topological polar surface area (TPSA) is 49.0 Å². The third-order valence-corrected chi connectivity index (χ3v) is 3.46. The average Bonchev–Trinajstić information content (AvgIpc) is 3.09. The smallest absolute Gasteiger partial charge is 0.253 e. The third-order valence-electron chi connectivity index (χ3n) is 3.46. The SMILES string of the molecule is O=C(c1ccccc1)N1CC[C@@H](c2ccn[nH]2)C1. The highest BCUT2D eigenvalue weighted by Gasteiger charge is 2.28. The number of amides is 1. The number of hydrogen-bond acceptors (Lipinski definition) is 2. The average molecular weight is 241 g/mol. The fraction of sp³-hybridized carbons (Fsp3) is 0.286. The molecule has 1 aromatic heterocycles. The molecule has 0 bridgehead atoms. The molecular weight excluding hydrogens is 226 g/mol. The summed E-state index contributed by atoms with van der Waals surface area (Å²) in [5, 5.41) is 6.96. The summed E-state index contributed by atoms with van der Waals surface area (Å²) in [5.74, 6) is 0.512. The van der Waals surface area contributed by atoms with Gasteiger partial charge in [0.25, 0.3) is 5.91 Å². The van der Waals surface area contributed by atoms with Crippen LogP contribution in [0.2, 0.25) is 0 Å². The van der Waals surface area contributed by atoms with Crippen LogP contribution in [-0.2, 0) is 0 Å². The summed E-state index contributed by atoms with van der Waals surface area (Å²) in [6.07, 6.45) is 2.76. The fourth-order valence-corrected chi connectivity index (χ4v) is 2.46. The lowest BCUT2D eigenvalue weighted by Gasteiger charge is -2.16. The predicted molar refractivity (Wildman–Crippen MR) is 68.3 cm³/mol. The van der Waals surface area contributed by atoms with E-state index in [1.807, 2.05) is 41.3 Å². The molecule has 0 unspecified atom stereocenters. The van der Waals surface area contributed by atoms with Crippen molar-refractivity contribution in [3.63, 3.8) is 0 Å². The molecule has 4 heteroatoms. The van der Waals surface area contributed by atoms with Gasteiger partial charge in [0.1, 0.15) is 0 Å². The van der Waals surface area contributed by atoms with Crippen LogP contribution in [0.4, 0.5) is 0 Å². The number of nitrogens with one attached hydrogen (secondary N) is 1. The second kappa shape index (κ2) is 4.64. The maximum Gasteiger partial charge on any atom is 0.253 e. The minimum atomic E-state index is 0.123. The van der Waals surface area contributed by atoms with Gasteiger partial charge in [-0.25, -0.2) is 0 Å². The largest absolute Gasteiger partial charge is 0.338 e. The molecule has 1 saturated heterocycles. The van der Waals surface area contributed by atoms with E-state index in [1.54, 1.807) is 6.20 Å². The number of benzene rings is 1. The van der Waals surface area contributed by atoms with E-state index in [-0.39, 0.29) is 5.91 Å². The third kappa shape index (κ3) is 2.01. The van der Waals surface area contributed by atoms with Gasteiger partial charge >= 0.3 is 0 Å². The van der Waals surface area contributed by atoms with E-state index in [9.17, 15) is 4.79 Å². The van der Waals surface area contributed by atoms with Crippen LogP contribution in [0.3, 0.4) is 0 Å². The van der Waals surface area contributed by atoms with E-state index in [4.69, 9.17) is 0 Å². The van der Waals surface area contributed by atoms with Crippen LogP contribution in [0, 0.1) is 0 Å². The number of hydrogen-bond donors (Lipinski definition) is 1. The predicted octanol–water partition coefficient (Wildman–Crippen LogP) is 2.04. The zero-order valence-electron chi connectivity index (χ0n) is 10.0. The Hall–Kier alpha value is -2.10. The highest BCUT2D eigenvalue weighted by molar-refractivity contribution is 5.94. The molecule has 92 valence electrons. The molecule has 1 aliphatic rings. The van der Waals surface area contributed by atoms with Gasteiger partial charge in [0.15, 0.2) is 0 Å². The Labute approximate surface area is 106 Å². The summed E-state index contributed by atoms with van der Waals surface area (Å²) in [7, 11) is 0. The van der Waals surface area contributed by atoms with Crippen LogP contribution in [0.15, 0.2) is 42.6 Å². The van der Waals surface area contributed by atoms with Crippen molar-refractivity contribution < 1.29 is 4.79 Å². The number of aromatic nitrogens is 2. The van der Waals surface area contributed by atoms with Gasteiger partial charge in [-0.2, -0.15) is 5.10 Å². The lowest BCUT2D eigenvalue weighted by atomic mass is 10.1. The van der Waals surface area contributed by atoms with Crippen LogP contribution in [0.25, 0.3) is 0 Å². The van der Waals surface area contributed by atoms with Gasteiger partial charge in [-0.3, -0.25) is 9.89 Å². The fourth-order valence-electron chi connectivity index (χ4n) is 2.46. The molecule has 0 spiro atoms. The summed E-state index contributed by atoms with van der Waals surface area (Å²) < 4.78 is 0. The molecule has 1 aromatic carbocycles. The molecule has 2 aromatic rings. The van der Waals surface area contributed by atoms with E-state index in [0.29, 0.717) is 5.92 Å². The molecule has 0 saturated carbocycles. The van der Waals surface area contributed by atoms with Crippen LogP contribution >= 0.6 is 0 Å². The van der Waals surface area contributed by atoms with Gasteiger partial charge in [-0.15, -0.1) is 0 Å². The first-order chi connectivity index (χ1) is 8.84. The van der Waals surface area contributed by atoms with Crippen molar-refractivity contribution in [3.8, 4) is 0 Å². The number of carbonyl (C=O) groups is 1. The molecule has 1 aliphatic heterocycles. The highest BCUT2D eigenvalue weighted by Crippen LogP contribution is 2.26. The van der Waals surface area contributed by atoms with Gasteiger partial charge in [-0.05, 0) is 24.6 Å². The molecular formula is C14H15N3O. The second-order valence-corrected chi connectivity index (χ2v) is 4.61. The van der Waals surface area contributed by atoms with Crippen LogP contribution in [0.5, 0.6) is 0 Å². The minimum absolute atomic E-state index is 0.123. The molecule has 4 nitrogen and oxygen atoms in total. The molecule has 1 N–H and O–H groups in total. The summed E-state index contributed by atoms with van der Waals surface area (Å²) in [6.45, 7) is 1.59. The number of nitrogens with zero attached hydrogens (tertiary/aromatic N) is 2. The molecule has 0 radical (unpaired) electrons. The van der Waals surface area contributed by atoms with Crippen LogP contribution < -0.4 is 0 Å². The number of likely N-dealkylation sites (tertiary alicyclic amines) is 1. The lowest BCUT2D eigenvalue weighted by molar-refractivity contribution is 0.0790. The van der Waals surface area contributed by atoms with E-state index < -0.39 is 0 Å². The lowest BCUT2D eigenvalue weighted by Crippen LogP contribution is -2.28. The van der Waals surface area contributed by atoms with Crippen LogP contribution in [0.1, 0.15) is 28.4 Å². The second-order valence-electron chi connectivity index (χ2n) is 4.61. The summed E-state index contributed by atoms with van der Waals surface area (Å²) >= 11 is 0. The van der Waals surface area contributed by atoms with Gasteiger partial charge < -0.3 is 4.90 Å². The summed E-state index contributed by atoms with van der Waals surface area (Å²) in [6, 6.07) is 11.4. The quantitative estimate of drug-likeness (QED) is 0.874. The summed E-state index contributed by atoms with van der Waals surface area (Å²) in [5.41, 5.74) is 1.89. The highest BCUT2D eigenvalue weighted by atomic mass is 16.2. The van der Waals surface area contributed by atoms with E-state index in [1.165, 1.54) is 0 Å². The number of H-pyrrole nitrogens is 1. The molecule has 1 fully saturated rings. The first-order valence-electron chi connectivity index (χ1n) is 6.18. The Morgan fingerprint density at radius 3 is 2.83 bits per heavy atom. The molecule has 3 rings (SSSR count). The van der Waals surface area contributed by atoms with Crippen molar-refractivity contribution in [2.45, 2.75) is 12.3 Å². The number of rotatable bonds is 2.